The van der Waals surface area contributed by atoms with Crippen LogP contribution in [0.1, 0.15) is 46.3 Å². The zero-order chi connectivity index (χ0) is 19.0. The van der Waals surface area contributed by atoms with Gasteiger partial charge in [-0.15, -0.1) is 0 Å². The molecule has 0 aromatic heterocycles. The van der Waals surface area contributed by atoms with Crippen LogP contribution in [0.15, 0.2) is 33.2 Å². The number of anilines is 1. The molecule has 1 N–H and O–H groups in total. The van der Waals surface area contributed by atoms with E-state index >= 15 is 0 Å². The second kappa shape index (κ2) is 7.53. The Labute approximate surface area is 169 Å². The lowest BCUT2D eigenvalue weighted by molar-refractivity contribution is -0.118. The lowest BCUT2D eigenvalue weighted by Gasteiger charge is -2.14. The first-order valence-electron chi connectivity index (χ1n) is 8.33. The summed E-state index contributed by atoms with van der Waals surface area (Å²) in [6.07, 6.45) is 0.492. The fraction of sp³-hybridized carbons (Fsp3) is 0.300. The van der Waals surface area contributed by atoms with E-state index in [2.05, 4.69) is 37.2 Å². The maximum absolute atomic E-state index is 12.3. The zero-order valence-electron chi connectivity index (χ0n) is 14.8. The fourth-order valence-electron chi connectivity index (χ4n) is 3.37. The number of hydrogen-bond donors (Lipinski definition) is 1. The number of Topliss-reactive ketones (excluding diaryl/α,β-unsaturated/α-hetero) is 1. The highest BCUT2D eigenvalue weighted by Gasteiger charge is 2.31. The van der Waals surface area contributed by atoms with E-state index in [1.165, 1.54) is 0 Å². The van der Waals surface area contributed by atoms with E-state index in [1.54, 1.807) is 6.07 Å². The summed E-state index contributed by atoms with van der Waals surface area (Å²) in [5.74, 6) is 0.463. The van der Waals surface area contributed by atoms with Crippen LogP contribution in [0, 0.1) is 13.8 Å². The Hall–Kier alpha value is -1.66. The summed E-state index contributed by atoms with van der Waals surface area (Å²) in [5.41, 5.74) is 4.48. The predicted octanol–water partition coefficient (Wildman–Crippen LogP) is 5.54. The molecule has 1 atom stereocenters. The maximum atomic E-state index is 12.3. The van der Waals surface area contributed by atoms with E-state index < -0.39 is 0 Å². The van der Waals surface area contributed by atoms with Gasteiger partial charge in [-0.1, -0.05) is 13.0 Å². The summed E-state index contributed by atoms with van der Waals surface area (Å²) in [6.45, 7) is 5.85. The van der Waals surface area contributed by atoms with Gasteiger partial charge in [-0.2, -0.15) is 0 Å². The van der Waals surface area contributed by atoms with Crippen LogP contribution in [0.4, 0.5) is 5.69 Å². The number of aryl methyl sites for hydroxylation is 2. The molecule has 1 aliphatic carbocycles. The van der Waals surface area contributed by atoms with Crippen LogP contribution in [-0.2, 0) is 4.79 Å². The largest absolute Gasteiger partial charge is 0.483 e. The van der Waals surface area contributed by atoms with Crippen molar-refractivity contribution in [2.24, 2.45) is 0 Å². The first-order chi connectivity index (χ1) is 12.3. The molecule has 1 amide bonds. The van der Waals surface area contributed by atoms with Gasteiger partial charge in [0.05, 0.1) is 11.3 Å². The standard InChI is InChI=1S/C20H19Br2NO3/c1-10-6-13(21)20(14(22)7-10)23-17(25)9-26-16-5-4-11(2)18-12(3)8-15(24)19(16)18/h4-7,12H,8-9H2,1-3H3,(H,23,25). The summed E-state index contributed by atoms with van der Waals surface area (Å²) in [7, 11) is 0. The Morgan fingerprint density at radius 1 is 1.23 bits per heavy atom. The van der Waals surface area contributed by atoms with Gasteiger partial charge in [-0.25, -0.2) is 0 Å². The summed E-state index contributed by atoms with van der Waals surface area (Å²) < 4.78 is 7.28. The quantitative estimate of drug-likeness (QED) is 0.625. The average molecular weight is 481 g/mol. The Morgan fingerprint density at radius 2 is 1.88 bits per heavy atom. The van der Waals surface area contributed by atoms with Gasteiger partial charge in [0.15, 0.2) is 12.4 Å². The van der Waals surface area contributed by atoms with Gasteiger partial charge >= 0.3 is 0 Å². The van der Waals surface area contributed by atoms with E-state index in [9.17, 15) is 9.59 Å². The number of ketones is 1. The van der Waals surface area contributed by atoms with E-state index in [0.717, 1.165) is 25.6 Å². The van der Waals surface area contributed by atoms with Crippen molar-refractivity contribution in [3.05, 3.63) is 55.5 Å². The number of carbonyl (C=O) groups is 2. The summed E-state index contributed by atoms with van der Waals surface area (Å²) in [5, 5.41) is 2.83. The minimum absolute atomic E-state index is 0.0793. The minimum Gasteiger partial charge on any atom is -0.483 e. The average Bonchev–Trinajstić information content (AvgIpc) is 2.86. The van der Waals surface area contributed by atoms with E-state index in [1.807, 2.05) is 39.0 Å². The van der Waals surface area contributed by atoms with Gasteiger partial charge in [0.25, 0.3) is 5.91 Å². The number of benzene rings is 2. The third-order valence-electron chi connectivity index (χ3n) is 4.50. The molecule has 6 heteroatoms. The van der Waals surface area contributed by atoms with Crippen molar-refractivity contribution in [1.82, 2.24) is 0 Å². The van der Waals surface area contributed by atoms with E-state index in [-0.39, 0.29) is 24.2 Å². The second-order valence-corrected chi connectivity index (χ2v) is 8.35. The fourth-order valence-corrected chi connectivity index (χ4v) is 4.98. The van der Waals surface area contributed by atoms with Gasteiger partial charge in [-0.05, 0) is 86.5 Å². The topological polar surface area (TPSA) is 55.4 Å². The number of ether oxygens (including phenoxy) is 1. The number of nitrogens with one attached hydrogen (secondary N) is 1. The Balaban J connectivity index is 1.75. The van der Waals surface area contributed by atoms with Gasteiger partial charge in [0.1, 0.15) is 5.75 Å². The van der Waals surface area contributed by atoms with Crippen molar-refractivity contribution >= 4 is 49.2 Å². The van der Waals surface area contributed by atoms with Crippen LogP contribution in [0.5, 0.6) is 5.75 Å². The summed E-state index contributed by atoms with van der Waals surface area (Å²) in [4.78, 5) is 24.6. The molecule has 0 aliphatic heterocycles. The van der Waals surface area contributed by atoms with Crippen molar-refractivity contribution < 1.29 is 14.3 Å². The highest BCUT2D eigenvalue weighted by molar-refractivity contribution is 9.11. The SMILES string of the molecule is Cc1cc(Br)c(NC(=O)COc2ccc(C)c3c2C(=O)CC3C)c(Br)c1. The van der Waals surface area contributed by atoms with E-state index in [0.29, 0.717) is 23.4 Å². The maximum Gasteiger partial charge on any atom is 0.262 e. The van der Waals surface area contributed by atoms with Crippen molar-refractivity contribution in [2.75, 3.05) is 11.9 Å². The summed E-state index contributed by atoms with van der Waals surface area (Å²) >= 11 is 6.91. The molecule has 0 heterocycles. The molecule has 0 fully saturated rings. The smallest absolute Gasteiger partial charge is 0.262 e. The van der Waals surface area contributed by atoms with Gasteiger partial charge < -0.3 is 10.1 Å². The lowest BCUT2D eigenvalue weighted by Crippen LogP contribution is -2.21. The number of rotatable bonds is 4. The molecule has 2 aromatic carbocycles. The molecule has 0 spiro atoms. The monoisotopic (exact) mass is 479 g/mol. The Bertz CT molecular complexity index is 885. The van der Waals surface area contributed by atoms with Crippen molar-refractivity contribution in [3.8, 4) is 5.75 Å². The Morgan fingerprint density at radius 3 is 2.54 bits per heavy atom. The van der Waals surface area contributed by atoms with Crippen molar-refractivity contribution in [1.29, 1.82) is 0 Å². The number of halogens is 2. The van der Waals surface area contributed by atoms with Crippen LogP contribution < -0.4 is 10.1 Å². The highest BCUT2D eigenvalue weighted by Crippen LogP contribution is 2.40. The van der Waals surface area contributed by atoms with Crippen molar-refractivity contribution in [2.45, 2.75) is 33.1 Å². The van der Waals surface area contributed by atoms with Crippen LogP contribution >= 0.6 is 31.9 Å². The molecule has 3 rings (SSSR count). The highest BCUT2D eigenvalue weighted by atomic mass is 79.9. The molecule has 4 nitrogen and oxygen atoms in total. The minimum atomic E-state index is -0.289. The molecule has 0 saturated heterocycles. The van der Waals surface area contributed by atoms with Crippen molar-refractivity contribution in [3.63, 3.8) is 0 Å². The number of carbonyl (C=O) groups excluding carboxylic acids is 2. The third kappa shape index (κ3) is 3.71. The number of hydrogen-bond acceptors (Lipinski definition) is 3. The van der Waals surface area contributed by atoms with Gasteiger partial charge in [0.2, 0.25) is 0 Å². The van der Waals surface area contributed by atoms with Crippen LogP contribution in [0.25, 0.3) is 0 Å². The predicted molar refractivity (Wildman–Crippen MR) is 109 cm³/mol. The van der Waals surface area contributed by atoms with Gasteiger partial charge in [-0.3, -0.25) is 9.59 Å². The third-order valence-corrected chi connectivity index (χ3v) is 5.75. The molecule has 0 saturated carbocycles. The van der Waals surface area contributed by atoms with Crippen LogP contribution in [-0.4, -0.2) is 18.3 Å². The first-order valence-corrected chi connectivity index (χ1v) is 9.91. The molecule has 2 aromatic rings. The summed E-state index contributed by atoms with van der Waals surface area (Å²) in [6, 6.07) is 7.56. The van der Waals surface area contributed by atoms with Crippen LogP contribution in [0.3, 0.4) is 0 Å². The number of amides is 1. The second-order valence-electron chi connectivity index (χ2n) is 6.64. The molecular weight excluding hydrogens is 462 g/mol. The van der Waals surface area contributed by atoms with Gasteiger partial charge in [0, 0.05) is 15.4 Å². The number of fused-ring (bicyclic) bond motifs is 1. The molecule has 1 unspecified atom stereocenters. The molecule has 136 valence electrons. The molecule has 0 radical (unpaired) electrons. The lowest BCUT2D eigenvalue weighted by atomic mass is 9.97. The Kier molecular flexibility index (Phi) is 5.53. The normalized spacial score (nSPS) is 15.7. The zero-order valence-corrected chi connectivity index (χ0v) is 18.0. The molecular formula is C20H19Br2NO3. The first kappa shape index (κ1) is 19.1. The molecule has 1 aliphatic rings. The molecule has 0 bridgehead atoms. The van der Waals surface area contributed by atoms with E-state index in [4.69, 9.17) is 4.74 Å². The molecule has 26 heavy (non-hydrogen) atoms. The van der Waals surface area contributed by atoms with Crippen LogP contribution in [0.2, 0.25) is 0 Å².